The highest BCUT2D eigenvalue weighted by Gasteiger charge is 2.35. The Kier molecular flexibility index (Phi) is 5.58. The Morgan fingerprint density at radius 2 is 1.78 bits per heavy atom. The molecule has 1 aliphatic heterocycles. The fourth-order valence-corrected chi connectivity index (χ4v) is 4.53. The van der Waals surface area contributed by atoms with Crippen molar-refractivity contribution in [1.82, 2.24) is 9.55 Å². The predicted molar refractivity (Wildman–Crippen MR) is 128 cm³/mol. The van der Waals surface area contributed by atoms with Crippen LogP contribution >= 0.6 is 11.6 Å². The van der Waals surface area contributed by atoms with E-state index in [1.807, 2.05) is 78.6 Å². The van der Waals surface area contributed by atoms with E-state index >= 15 is 0 Å². The van der Waals surface area contributed by atoms with Gasteiger partial charge in [-0.3, -0.25) is 4.79 Å². The van der Waals surface area contributed by atoms with Crippen molar-refractivity contribution in [3.05, 3.63) is 89.2 Å². The fraction of sp³-hybridized carbons (Fsp3) is 0.231. The lowest BCUT2D eigenvalue weighted by atomic mass is 10.1. The molecule has 0 N–H and O–H groups in total. The molecule has 0 spiro atoms. The molecule has 0 aliphatic carbocycles. The van der Waals surface area contributed by atoms with E-state index in [0.717, 1.165) is 33.9 Å². The first-order valence-electron chi connectivity index (χ1n) is 10.8. The van der Waals surface area contributed by atoms with Gasteiger partial charge in [0.1, 0.15) is 18.2 Å². The molecule has 1 unspecified atom stereocenters. The number of ether oxygens (including phenoxy) is 1. The highest BCUT2D eigenvalue weighted by Crippen LogP contribution is 2.34. The van der Waals surface area contributed by atoms with Gasteiger partial charge >= 0.3 is 0 Å². The summed E-state index contributed by atoms with van der Waals surface area (Å²) in [4.78, 5) is 19.7. The first-order valence-corrected chi connectivity index (χ1v) is 11.2. The molecule has 5 nitrogen and oxygen atoms in total. The number of aromatic nitrogens is 2. The number of carbonyl (C=O) groups is 1. The van der Waals surface area contributed by atoms with Gasteiger partial charge in [0.05, 0.1) is 17.6 Å². The van der Waals surface area contributed by atoms with Crippen LogP contribution in [0.4, 0.5) is 5.69 Å². The molecule has 5 rings (SSSR count). The van der Waals surface area contributed by atoms with E-state index in [-0.39, 0.29) is 11.8 Å². The zero-order valence-corrected chi connectivity index (χ0v) is 18.6. The van der Waals surface area contributed by atoms with Crippen molar-refractivity contribution in [2.45, 2.75) is 25.8 Å². The Morgan fingerprint density at radius 3 is 2.59 bits per heavy atom. The lowest BCUT2D eigenvalue weighted by molar-refractivity contribution is -0.117. The number of benzene rings is 3. The number of aryl methyl sites for hydroxylation is 1. The third kappa shape index (κ3) is 3.96. The molecular formula is C26H24ClN3O2. The second-order valence-electron chi connectivity index (χ2n) is 8.10. The van der Waals surface area contributed by atoms with Gasteiger partial charge in [0.15, 0.2) is 0 Å². The van der Waals surface area contributed by atoms with Gasteiger partial charge in [0.25, 0.3) is 0 Å². The summed E-state index contributed by atoms with van der Waals surface area (Å²) in [7, 11) is 0. The average molecular weight is 446 g/mol. The van der Waals surface area contributed by atoms with E-state index in [1.165, 1.54) is 0 Å². The maximum absolute atomic E-state index is 12.9. The molecular weight excluding hydrogens is 422 g/mol. The molecule has 32 heavy (non-hydrogen) atoms. The minimum absolute atomic E-state index is 0.0324. The van der Waals surface area contributed by atoms with Crippen LogP contribution in [0.1, 0.15) is 23.7 Å². The highest BCUT2D eigenvalue weighted by molar-refractivity contribution is 6.30. The van der Waals surface area contributed by atoms with Gasteiger partial charge in [-0.05, 0) is 55.0 Å². The first-order chi connectivity index (χ1) is 15.6. The summed E-state index contributed by atoms with van der Waals surface area (Å²) >= 11 is 5.96. The molecule has 2 heterocycles. The van der Waals surface area contributed by atoms with Gasteiger partial charge in [0.2, 0.25) is 5.91 Å². The highest BCUT2D eigenvalue weighted by atomic mass is 35.5. The molecule has 1 fully saturated rings. The molecule has 162 valence electrons. The number of hydrogen-bond acceptors (Lipinski definition) is 3. The number of anilines is 1. The summed E-state index contributed by atoms with van der Waals surface area (Å²) in [6.45, 7) is 3.81. The van der Waals surface area contributed by atoms with Gasteiger partial charge in [-0.15, -0.1) is 0 Å². The van der Waals surface area contributed by atoms with Crippen LogP contribution in [0.15, 0.2) is 72.8 Å². The molecule has 0 saturated carbocycles. The second kappa shape index (κ2) is 8.67. The summed E-state index contributed by atoms with van der Waals surface area (Å²) < 4.78 is 8.14. The lowest BCUT2D eigenvalue weighted by Crippen LogP contribution is -2.25. The predicted octanol–water partition coefficient (Wildman–Crippen LogP) is 5.60. The summed E-state index contributed by atoms with van der Waals surface area (Å²) in [6.07, 6.45) is 0.454. The maximum Gasteiger partial charge on any atom is 0.227 e. The van der Waals surface area contributed by atoms with Crippen LogP contribution in [0.2, 0.25) is 5.02 Å². The average Bonchev–Trinajstić information content (AvgIpc) is 3.36. The van der Waals surface area contributed by atoms with Crippen LogP contribution in [-0.2, 0) is 11.3 Å². The van der Waals surface area contributed by atoms with E-state index in [2.05, 4.69) is 10.6 Å². The van der Waals surface area contributed by atoms with Crippen molar-refractivity contribution < 1.29 is 9.53 Å². The zero-order chi connectivity index (χ0) is 22.1. The number of carbonyl (C=O) groups excluding carboxylic acids is 1. The Bertz CT molecular complexity index is 1270. The Morgan fingerprint density at radius 1 is 1.03 bits per heavy atom. The summed E-state index contributed by atoms with van der Waals surface area (Å²) in [6, 6.07) is 23.5. The molecule has 1 atom stereocenters. The SMILES string of the molecule is Cc1ccccc1N1CC(c2nc3ccccc3n2CCOc2ccc(Cl)cc2)CC1=O. The monoisotopic (exact) mass is 445 g/mol. The topological polar surface area (TPSA) is 47.4 Å². The largest absolute Gasteiger partial charge is 0.492 e. The fourth-order valence-electron chi connectivity index (χ4n) is 4.41. The number of fused-ring (bicyclic) bond motifs is 1. The molecule has 1 amide bonds. The molecule has 4 aromatic rings. The van der Waals surface area contributed by atoms with Crippen molar-refractivity contribution in [1.29, 1.82) is 0 Å². The number of amides is 1. The minimum atomic E-state index is 0.0324. The van der Waals surface area contributed by atoms with Crippen molar-refractivity contribution in [3.63, 3.8) is 0 Å². The molecule has 1 saturated heterocycles. The quantitative estimate of drug-likeness (QED) is 0.388. The van der Waals surface area contributed by atoms with Crippen molar-refractivity contribution >= 4 is 34.2 Å². The standard InChI is InChI=1S/C26H24ClN3O2/c1-18-6-2-4-8-23(18)30-17-19(16-25(30)31)26-28-22-7-3-5-9-24(22)29(26)14-15-32-21-12-10-20(27)11-13-21/h2-13,19H,14-17H2,1H3. The van der Waals surface area contributed by atoms with Crippen molar-refractivity contribution in [3.8, 4) is 5.75 Å². The van der Waals surface area contributed by atoms with Crippen LogP contribution in [0, 0.1) is 6.92 Å². The van der Waals surface area contributed by atoms with Gasteiger partial charge in [-0.25, -0.2) is 4.98 Å². The normalized spacial score (nSPS) is 16.1. The number of hydrogen-bond donors (Lipinski definition) is 0. The molecule has 1 aromatic heterocycles. The van der Waals surface area contributed by atoms with E-state index in [0.29, 0.717) is 31.1 Å². The molecule has 0 bridgehead atoms. The van der Waals surface area contributed by atoms with Gasteiger partial charge in [-0.1, -0.05) is 41.9 Å². The third-order valence-electron chi connectivity index (χ3n) is 5.98. The number of nitrogens with zero attached hydrogens (tertiary/aromatic N) is 3. The van der Waals surface area contributed by atoms with E-state index in [9.17, 15) is 4.79 Å². The number of halogens is 1. The zero-order valence-electron chi connectivity index (χ0n) is 17.9. The van der Waals surface area contributed by atoms with Crippen LogP contribution in [-0.4, -0.2) is 28.6 Å². The van der Waals surface area contributed by atoms with Crippen LogP contribution in [0.25, 0.3) is 11.0 Å². The third-order valence-corrected chi connectivity index (χ3v) is 6.23. The first kappa shape index (κ1) is 20.6. The molecule has 0 radical (unpaired) electrons. The van der Waals surface area contributed by atoms with Gasteiger partial charge in [-0.2, -0.15) is 0 Å². The second-order valence-corrected chi connectivity index (χ2v) is 8.54. The number of rotatable bonds is 6. The van der Waals surface area contributed by atoms with E-state index < -0.39 is 0 Å². The Balaban J connectivity index is 1.41. The number of para-hydroxylation sites is 3. The minimum Gasteiger partial charge on any atom is -0.492 e. The van der Waals surface area contributed by atoms with Gasteiger partial charge < -0.3 is 14.2 Å². The number of imidazole rings is 1. The smallest absolute Gasteiger partial charge is 0.227 e. The summed E-state index contributed by atoms with van der Waals surface area (Å²) in [5.74, 6) is 1.89. The van der Waals surface area contributed by atoms with Crippen molar-refractivity contribution in [2.75, 3.05) is 18.1 Å². The van der Waals surface area contributed by atoms with E-state index in [4.69, 9.17) is 21.3 Å². The summed E-state index contributed by atoms with van der Waals surface area (Å²) in [5.41, 5.74) is 4.08. The van der Waals surface area contributed by atoms with Crippen LogP contribution in [0.5, 0.6) is 5.75 Å². The van der Waals surface area contributed by atoms with Gasteiger partial charge in [0, 0.05) is 29.6 Å². The molecule has 6 heteroatoms. The summed E-state index contributed by atoms with van der Waals surface area (Å²) in [5, 5.41) is 0.685. The van der Waals surface area contributed by atoms with Crippen LogP contribution < -0.4 is 9.64 Å². The lowest BCUT2D eigenvalue weighted by Gasteiger charge is -2.19. The van der Waals surface area contributed by atoms with E-state index in [1.54, 1.807) is 0 Å². The molecule has 1 aliphatic rings. The molecule has 3 aromatic carbocycles. The maximum atomic E-state index is 12.9. The van der Waals surface area contributed by atoms with Crippen LogP contribution in [0.3, 0.4) is 0 Å². The Labute approximate surface area is 192 Å². The van der Waals surface area contributed by atoms with Crippen molar-refractivity contribution in [2.24, 2.45) is 0 Å². The Hall–Kier alpha value is -3.31.